The highest BCUT2D eigenvalue weighted by Crippen LogP contribution is 2.41. The normalized spacial score (nSPS) is 21.1. The second-order valence-electron chi connectivity index (χ2n) is 10.3. The summed E-state index contributed by atoms with van der Waals surface area (Å²) in [6, 6.07) is 44.5. The molecule has 0 spiro atoms. The fourth-order valence-corrected chi connectivity index (χ4v) is 19.9. The van der Waals surface area contributed by atoms with Gasteiger partial charge in [0.25, 0.3) is 0 Å². The van der Waals surface area contributed by atoms with Crippen molar-refractivity contribution < 1.29 is 4.43 Å². The van der Waals surface area contributed by atoms with E-state index >= 15 is 0 Å². The van der Waals surface area contributed by atoms with Gasteiger partial charge in [0.1, 0.15) is 0 Å². The lowest BCUT2D eigenvalue weighted by molar-refractivity contribution is 0.162. The summed E-state index contributed by atoms with van der Waals surface area (Å²) in [6.45, 7) is 5.09. The molecule has 0 N–H and O–H groups in total. The Morgan fingerprint density at radius 3 is 1.39 bits per heavy atom. The van der Waals surface area contributed by atoms with Crippen LogP contribution in [0.3, 0.4) is 0 Å². The van der Waals surface area contributed by atoms with Crippen molar-refractivity contribution in [1.29, 1.82) is 0 Å². The van der Waals surface area contributed by atoms with E-state index in [9.17, 15) is 0 Å². The lowest BCUT2D eigenvalue weighted by atomic mass is 9.97. The molecule has 1 nitrogen and oxygen atoms in total. The molecule has 1 aliphatic heterocycles. The molecule has 3 heteroatoms. The van der Waals surface area contributed by atoms with Gasteiger partial charge in [0.15, 0.2) is 0 Å². The molecule has 0 radical (unpaired) electrons. The number of hydrogen-bond donors (Lipinski definition) is 0. The molecule has 1 fully saturated rings. The van der Waals surface area contributed by atoms with E-state index in [4.69, 9.17) is 4.43 Å². The van der Waals surface area contributed by atoms with Gasteiger partial charge < -0.3 is 4.43 Å². The lowest BCUT2D eigenvalue weighted by Gasteiger charge is -2.53. The maximum Gasteiger partial charge on any atom is 0.241 e. The largest absolute Gasteiger partial charge is 0.398 e. The predicted molar refractivity (Wildman–Crippen MR) is 160 cm³/mol. The van der Waals surface area contributed by atoms with Gasteiger partial charge in [0.2, 0.25) is 7.83 Å². The Kier molecular flexibility index (Phi) is 7.06. The van der Waals surface area contributed by atoms with Crippen molar-refractivity contribution in [3.05, 3.63) is 145 Å². The van der Waals surface area contributed by atoms with E-state index in [1.165, 1.54) is 27.5 Å². The van der Waals surface area contributed by atoms with Crippen LogP contribution in [0.5, 0.6) is 0 Å². The highest BCUT2D eigenvalue weighted by molar-refractivity contribution is 7.48. The molecule has 0 saturated carbocycles. The fourth-order valence-electron chi connectivity index (χ4n) is 5.46. The van der Waals surface area contributed by atoms with Crippen LogP contribution in [0, 0.1) is 0 Å². The molecule has 1 aliphatic rings. The minimum Gasteiger partial charge on any atom is -0.398 e. The van der Waals surface area contributed by atoms with Crippen LogP contribution < -0.4 is 10.4 Å². The van der Waals surface area contributed by atoms with E-state index in [0.29, 0.717) is 0 Å². The summed E-state index contributed by atoms with van der Waals surface area (Å²) in [5.74, 6) is 0. The van der Waals surface area contributed by atoms with E-state index in [1.54, 1.807) is 0 Å². The smallest absolute Gasteiger partial charge is 0.241 e. The molecule has 0 bridgehead atoms. The second-order valence-corrected chi connectivity index (χ2v) is 23.5. The zero-order chi connectivity index (χ0) is 24.9. The average molecular weight is 503 g/mol. The van der Waals surface area contributed by atoms with E-state index in [-0.39, 0.29) is 0 Å². The standard InChI is InChI=1S/C33H34OSi2/c1-35(2)28-27-33(25-23-29-15-7-3-8-16-29,26-24-30-17-9-4-10-18-30)34-36(35,31-19-11-5-12-20-31)32-21-13-6-14-22-32/h3-26H,27-28H2,1-2H3. The summed E-state index contributed by atoms with van der Waals surface area (Å²) < 4.78 is 7.72. The van der Waals surface area contributed by atoms with Crippen LogP contribution in [0.4, 0.5) is 0 Å². The van der Waals surface area contributed by atoms with Crippen LogP contribution in [0.2, 0.25) is 19.1 Å². The summed E-state index contributed by atoms with van der Waals surface area (Å²) in [5, 5.41) is 2.77. The Hall–Kier alpha value is -3.25. The van der Waals surface area contributed by atoms with Gasteiger partial charge in [-0.25, -0.2) is 0 Å². The molecule has 1 saturated heterocycles. The zero-order valence-corrected chi connectivity index (χ0v) is 23.2. The first-order chi connectivity index (χ1) is 17.5. The fraction of sp³-hybridized carbons (Fsp3) is 0.152. The Morgan fingerprint density at radius 1 is 0.583 bits per heavy atom. The Balaban J connectivity index is 1.69. The van der Waals surface area contributed by atoms with Gasteiger partial charge in [0, 0.05) is 0 Å². The van der Waals surface area contributed by atoms with Crippen molar-refractivity contribution in [2.45, 2.75) is 31.2 Å². The highest BCUT2D eigenvalue weighted by atomic mass is 29.3. The first-order valence-corrected chi connectivity index (χ1v) is 18.9. The average Bonchev–Trinajstić information content (AvgIpc) is 2.94. The number of rotatable bonds is 6. The summed E-state index contributed by atoms with van der Waals surface area (Å²) in [6.07, 6.45) is 10.1. The van der Waals surface area contributed by atoms with Gasteiger partial charge in [-0.2, -0.15) is 0 Å². The maximum atomic E-state index is 7.72. The molecular weight excluding hydrogens is 469 g/mol. The van der Waals surface area contributed by atoms with Gasteiger partial charge in [-0.05, 0) is 40.1 Å². The molecule has 0 unspecified atom stereocenters. The summed E-state index contributed by atoms with van der Waals surface area (Å²) in [5.41, 5.74) is 1.91. The summed E-state index contributed by atoms with van der Waals surface area (Å²) >= 11 is 0. The van der Waals surface area contributed by atoms with Crippen LogP contribution >= 0.6 is 0 Å². The SMILES string of the molecule is C[Si]1(C)CCC(C=Cc2ccccc2)(C=Cc2ccccc2)O[Si]1(c1ccccc1)c1ccccc1. The van der Waals surface area contributed by atoms with E-state index in [2.05, 4.69) is 159 Å². The monoisotopic (exact) mass is 502 g/mol. The lowest BCUT2D eigenvalue weighted by Crippen LogP contribution is -2.80. The zero-order valence-electron chi connectivity index (χ0n) is 21.2. The quantitative estimate of drug-likeness (QED) is 0.255. The van der Waals surface area contributed by atoms with Gasteiger partial charge in [-0.3, -0.25) is 0 Å². The van der Waals surface area contributed by atoms with E-state index < -0.39 is 21.0 Å². The van der Waals surface area contributed by atoms with Crippen LogP contribution in [0.15, 0.2) is 133 Å². The van der Waals surface area contributed by atoms with Crippen molar-refractivity contribution >= 4 is 38.0 Å². The molecule has 5 rings (SSSR count). The van der Waals surface area contributed by atoms with Crippen molar-refractivity contribution in [3.63, 3.8) is 0 Å². The van der Waals surface area contributed by atoms with Crippen LogP contribution in [0.25, 0.3) is 12.2 Å². The molecule has 0 amide bonds. The number of hydrogen-bond acceptors (Lipinski definition) is 1. The molecule has 4 aromatic rings. The van der Waals surface area contributed by atoms with Crippen LogP contribution in [-0.4, -0.2) is 21.0 Å². The second kappa shape index (κ2) is 10.4. The number of benzene rings is 4. The third-order valence-corrected chi connectivity index (χ3v) is 22.4. The molecule has 180 valence electrons. The van der Waals surface area contributed by atoms with Crippen molar-refractivity contribution in [1.82, 2.24) is 0 Å². The van der Waals surface area contributed by atoms with E-state index in [0.717, 1.165) is 6.42 Å². The minimum absolute atomic E-state index is 0.480. The summed E-state index contributed by atoms with van der Waals surface area (Å²) in [4.78, 5) is 0. The third kappa shape index (κ3) is 4.87. The minimum atomic E-state index is -2.54. The topological polar surface area (TPSA) is 9.23 Å². The Labute approximate surface area is 217 Å². The Bertz CT molecular complexity index is 1220. The van der Waals surface area contributed by atoms with E-state index in [1.807, 2.05) is 0 Å². The highest BCUT2D eigenvalue weighted by Gasteiger charge is 2.59. The third-order valence-electron chi connectivity index (χ3n) is 7.51. The van der Waals surface area contributed by atoms with Crippen molar-refractivity contribution in [2.24, 2.45) is 0 Å². The van der Waals surface area contributed by atoms with Gasteiger partial charge >= 0.3 is 0 Å². The van der Waals surface area contributed by atoms with Crippen molar-refractivity contribution in [2.75, 3.05) is 0 Å². The molecule has 0 aliphatic carbocycles. The molecule has 0 atom stereocenters. The van der Waals surface area contributed by atoms with Crippen LogP contribution in [0.1, 0.15) is 17.5 Å². The van der Waals surface area contributed by atoms with Crippen molar-refractivity contribution in [3.8, 4) is 0 Å². The summed E-state index contributed by atoms with van der Waals surface area (Å²) in [7, 11) is -4.35. The molecule has 4 aromatic carbocycles. The van der Waals surface area contributed by atoms with Crippen LogP contribution in [-0.2, 0) is 4.43 Å². The van der Waals surface area contributed by atoms with Gasteiger partial charge in [-0.1, -0.05) is 153 Å². The molecule has 1 heterocycles. The molecule has 0 aromatic heterocycles. The van der Waals surface area contributed by atoms with Gasteiger partial charge in [0.05, 0.1) is 13.2 Å². The molecular formula is C33H34OSi2. The Morgan fingerprint density at radius 2 is 0.972 bits per heavy atom. The predicted octanol–water partition coefficient (Wildman–Crippen LogP) is 7.12. The van der Waals surface area contributed by atoms with Gasteiger partial charge in [-0.15, -0.1) is 0 Å². The maximum absolute atomic E-state index is 7.72. The first kappa shape index (κ1) is 24.4. The molecule has 36 heavy (non-hydrogen) atoms. The first-order valence-electron chi connectivity index (χ1n) is 12.8.